The molecule has 7 heteroatoms. The number of piperidine rings is 1. The number of benzene rings is 1. The lowest BCUT2D eigenvalue weighted by Gasteiger charge is -2.27. The first-order valence-electron chi connectivity index (χ1n) is 7.49. The first kappa shape index (κ1) is 19.3. The van der Waals surface area contributed by atoms with Gasteiger partial charge in [0.15, 0.2) is 0 Å². The number of hydrogen-bond acceptors (Lipinski definition) is 4. The molecule has 1 heterocycles. The van der Waals surface area contributed by atoms with Crippen LogP contribution in [0.25, 0.3) is 0 Å². The third-order valence-corrected chi connectivity index (χ3v) is 3.77. The Hall–Kier alpha value is -1.79. The predicted molar refractivity (Wildman–Crippen MR) is 93.4 cm³/mol. The second-order valence-corrected chi connectivity index (χ2v) is 5.66. The van der Waals surface area contributed by atoms with Gasteiger partial charge in [-0.05, 0) is 38.4 Å². The second kappa shape index (κ2) is 8.74. The number of amides is 2. The first-order chi connectivity index (χ1) is 10.5. The SMILES string of the molecule is COc1cc(NC(=O)[C@H]2CCN[C@@H](C)C2)ccc1NC(C)=O.Cl. The molecule has 128 valence electrons. The molecular weight excluding hydrogens is 318 g/mol. The molecule has 2 amide bonds. The van der Waals surface area contributed by atoms with E-state index in [4.69, 9.17) is 4.74 Å². The summed E-state index contributed by atoms with van der Waals surface area (Å²) in [5.41, 5.74) is 1.26. The van der Waals surface area contributed by atoms with Gasteiger partial charge in [0, 0.05) is 30.6 Å². The van der Waals surface area contributed by atoms with Crippen LogP contribution >= 0.6 is 12.4 Å². The summed E-state index contributed by atoms with van der Waals surface area (Å²) in [6, 6.07) is 5.56. The first-order valence-corrected chi connectivity index (χ1v) is 7.49. The summed E-state index contributed by atoms with van der Waals surface area (Å²) in [6.45, 7) is 4.39. The van der Waals surface area contributed by atoms with E-state index >= 15 is 0 Å². The minimum absolute atomic E-state index is 0. The van der Waals surface area contributed by atoms with Crippen LogP contribution in [-0.2, 0) is 9.59 Å². The van der Waals surface area contributed by atoms with Crippen LogP contribution in [-0.4, -0.2) is 31.5 Å². The Morgan fingerprint density at radius 1 is 1.30 bits per heavy atom. The van der Waals surface area contributed by atoms with E-state index in [9.17, 15) is 9.59 Å². The molecule has 0 saturated carbocycles. The van der Waals surface area contributed by atoms with Crippen molar-refractivity contribution in [2.75, 3.05) is 24.3 Å². The molecule has 1 aromatic carbocycles. The molecule has 0 spiro atoms. The van der Waals surface area contributed by atoms with E-state index in [1.807, 2.05) is 0 Å². The van der Waals surface area contributed by atoms with E-state index in [1.54, 1.807) is 18.2 Å². The largest absolute Gasteiger partial charge is 0.494 e. The quantitative estimate of drug-likeness (QED) is 0.785. The number of ether oxygens (including phenoxy) is 1. The summed E-state index contributed by atoms with van der Waals surface area (Å²) in [5, 5.41) is 8.95. The van der Waals surface area contributed by atoms with E-state index in [0.717, 1.165) is 19.4 Å². The minimum atomic E-state index is -0.168. The van der Waals surface area contributed by atoms with Crippen molar-refractivity contribution in [1.29, 1.82) is 0 Å². The lowest BCUT2D eigenvalue weighted by atomic mass is 9.92. The number of nitrogens with one attached hydrogen (secondary N) is 3. The fourth-order valence-corrected chi connectivity index (χ4v) is 2.68. The Labute approximate surface area is 142 Å². The molecule has 0 unspecified atom stereocenters. The summed E-state index contributed by atoms with van der Waals surface area (Å²) in [4.78, 5) is 23.5. The van der Waals surface area contributed by atoms with E-state index < -0.39 is 0 Å². The molecule has 3 N–H and O–H groups in total. The summed E-state index contributed by atoms with van der Waals surface area (Å²) in [7, 11) is 1.53. The monoisotopic (exact) mass is 341 g/mol. The van der Waals surface area contributed by atoms with Gasteiger partial charge in [0.05, 0.1) is 12.8 Å². The van der Waals surface area contributed by atoms with E-state index in [2.05, 4.69) is 22.9 Å². The summed E-state index contributed by atoms with van der Waals surface area (Å²) < 4.78 is 5.25. The fourth-order valence-electron chi connectivity index (χ4n) is 2.68. The molecule has 1 aliphatic heterocycles. The molecule has 0 aromatic heterocycles. The van der Waals surface area contributed by atoms with Crippen molar-refractivity contribution in [3.05, 3.63) is 18.2 Å². The van der Waals surface area contributed by atoms with E-state index in [1.165, 1.54) is 14.0 Å². The Kier molecular flexibility index (Phi) is 7.32. The van der Waals surface area contributed by atoms with Gasteiger partial charge in [-0.15, -0.1) is 12.4 Å². The highest BCUT2D eigenvalue weighted by Crippen LogP contribution is 2.28. The third kappa shape index (κ3) is 5.41. The summed E-state index contributed by atoms with van der Waals surface area (Å²) in [6.07, 6.45) is 1.68. The van der Waals surface area contributed by atoms with Crippen LogP contribution in [0.5, 0.6) is 5.75 Å². The minimum Gasteiger partial charge on any atom is -0.494 e. The van der Waals surface area contributed by atoms with E-state index in [0.29, 0.717) is 23.2 Å². The Balaban J connectivity index is 0.00000264. The van der Waals surface area contributed by atoms with Crippen molar-refractivity contribution in [3.8, 4) is 5.75 Å². The smallest absolute Gasteiger partial charge is 0.227 e. The Morgan fingerprint density at radius 2 is 2.04 bits per heavy atom. The number of hydrogen-bond donors (Lipinski definition) is 3. The van der Waals surface area contributed by atoms with Crippen molar-refractivity contribution >= 4 is 35.6 Å². The number of methoxy groups -OCH3 is 1. The molecule has 1 aromatic rings. The highest BCUT2D eigenvalue weighted by atomic mass is 35.5. The van der Waals surface area contributed by atoms with Gasteiger partial charge in [0.25, 0.3) is 0 Å². The molecule has 1 aliphatic rings. The van der Waals surface area contributed by atoms with Gasteiger partial charge in [-0.3, -0.25) is 9.59 Å². The average Bonchev–Trinajstić information content (AvgIpc) is 2.48. The number of anilines is 2. The molecule has 0 radical (unpaired) electrons. The zero-order chi connectivity index (χ0) is 16.1. The van der Waals surface area contributed by atoms with Gasteiger partial charge < -0.3 is 20.7 Å². The lowest BCUT2D eigenvalue weighted by Crippen LogP contribution is -2.40. The normalized spacial score (nSPS) is 20.1. The van der Waals surface area contributed by atoms with Crippen LogP contribution < -0.4 is 20.7 Å². The highest BCUT2D eigenvalue weighted by Gasteiger charge is 2.24. The fraction of sp³-hybridized carbons (Fsp3) is 0.500. The Morgan fingerprint density at radius 3 is 2.65 bits per heavy atom. The van der Waals surface area contributed by atoms with Crippen LogP contribution in [0.1, 0.15) is 26.7 Å². The van der Waals surface area contributed by atoms with Gasteiger partial charge >= 0.3 is 0 Å². The maximum Gasteiger partial charge on any atom is 0.227 e. The van der Waals surface area contributed by atoms with Gasteiger partial charge in [-0.2, -0.15) is 0 Å². The molecule has 2 rings (SSSR count). The average molecular weight is 342 g/mol. The van der Waals surface area contributed by atoms with Gasteiger partial charge in [-0.1, -0.05) is 0 Å². The molecule has 2 atom stereocenters. The number of carbonyl (C=O) groups is 2. The molecule has 1 saturated heterocycles. The number of halogens is 1. The van der Waals surface area contributed by atoms with Crippen molar-refractivity contribution in [2.45, 2.75) is 32.7 Å². The van der Waals surface area contributed by atoms with Crippen LogP contribution in [0.3, 0.4) is 0 Å². The molecule has 0 bridgehead atoms. The van der Waals surface area contributed by atoms with Crippen LogP contribution in [0.15, 0.2) is 18.2 Å². The zero-order valence-corrected chi connectivity index (χ0v) is 14.5. The van der Waals surface area contributed by atoms with Crippen LogP contribution in [0.4, 0.5) is 11.4 Å². The third-order valence-electron chi connectivity index (χ3n) is 3.77. The van der Waals surface area contributed by atoms with Gasteiger partial charge in [0.1, 0.15) is 5.75 Å². The van der Waals surface area contributed by atoms with Crippen LogP contribution in [0.2, 0.25) is 0 Å². The number of carbonyl (C=O) groups excluding carboxylic acids is 2. The summed E-state index contributed by atoms with van der Waals surface area (Å²) in [5.74, 6) is 0.408. The van der Waals surface area contributed by atoms with Crippen molar-refractivity contribution in [2.24, 2.45) is 5.92 Å². The summed E-state index contributed by atoms with van der Waals surface area (Å²) >= 11 is 0. The van der Waals surface area contributed by atoms with Gasteiger partial charge in [-0.25, -0.2) is 0 Å². The predicted octanol–water partition coefficient (Wildman–Crippen LogP) is 2.40. The zero-order valence-electron chi connectivity index (χ0n) is 13.6. The second-order valence-electron chi connectivity index (χ2n) is 5.66. The van der Waals surface area contributed by atoms with Crippen molar-refractivity contribution < 1.29 is 14.3 Å². The topological polar surface area (TPSA) is 79.5 Å². The van der Waals surface area contributed by atoms with Crippen LogP contribution in [0, 0.1) is 5.92 Å². The lowest BCUT2D eigenvalue weighted by molar-refractivity contribution is -0.121. The standard InChI is InChI=1S/C16H23N3O3.ClH/c1-10-8-12(6-7-17-10)16(21)19-13-4-5-14(18-11(2)20)15(9-13)22-3;/h4-5,9-10,12,17H,6-8H2,1-3H3,(H,18,20)(H,19,21);1H/t10-,12-;/m0./s1. The molecule has 6 nitrogen and oxygen atoms in total. The Bertz CT molecular complexity index is 566. The molecular formula is C16H24ClN3O3. The molecule has 0 aliphatic carbocycles. The maximum absolute atomic E-state index is 12.3. The molecule has 1 fully saturated rings. The number of rotatable bonds is 4. The van der Waals surface area contributed by atoms with Crippen molar-refractivity contribution in [3.63, 3.8) is 0 Å². The maximum atomic E-state index is 12.3. The van der Waals surface area contributed by atoms with E-state index in [-0.39, 0.29) is 30.1 Å². The molecule has 23 heavy (non-hydrogen) atoms. The van der Waals surface area contributed by atoms with Crippen molar-refractivity contribution in [1.82, 2.24) is 5.32 Å². The highest BCUT2D eigenvalue weighted by molar-refractivity contribution is 5.94. The van der Waals surface area contributed by atoms with Gasteiger partial charge in [0.2, 0.25) is 11.8 Å².